The number of sulfonamides is 1. The van der Waals surface area contributed by atoms with Gasteiger partial charge in [-0.05, 0) is 12.1 Å². The van der Waals surface area contributed by atoms with Gasteiger partial charge in [0, 0.05) is 30.6 Å². The Balaban J connectivity index is 2.78. The third-order valence-electron chi connectivity index (χ3n) is 2.88. The summed E-state index contributed by atoms with van der Waals surface area (Å²) >= 11 is 0. The van der Waals surface area contributed by atoms with Crippen LogP contribution in [0.4, 0.5) is 5.69 Å². The second-order valence-corrected chi connectivity index (χ2v) is 6.00. The van der Waals surface area contributed by atoms with Crippen LogP contribution in [0, 0.1) is 12.3 Å². The Morgan fingerprint density at radius 3 is 2.45 bits per heavy atom. The van der Waals surface area contributed by atoms with E-state index < -0.39 is 10.0 Å². The summed E-state index contributed by atoms with van der Waals surface area (Å²) in [5.41, 5.74) is 0.945. The standard InChI is InChI=1S/C15H14N2O2S/c1-4-11-16-20(18,19)15-10-6-7-12-13(15)8-5-9-14(12)17(2)3/h1,5-11H,2-3H3. The number of fused-ring (bicyclic) bond motifs is 1. The number of hydrogen-bond donors (Lipinski definition) is 0. The molecule has 2 rings (SSSR count). The van der Waals surface area contributed by atoms with E-state index in [9.17, 15) is 8.42 Å². The first kappa shape index (κ1) is 14.1. The van der Waals surface area contributed by atoms with Gasteiger partial charge in [0.15, 0.2) is 0 Å². The average Bonchev–Trinajstić information content (AvgIpc) is 2.43. The van der Waals surface area contributed by atoms with Gasteiger partial charge in [0.25, 0.3) is 10.0 Å². The number of anilines is 1. The molecule has 0 amide bonds. The molecule has 0 unspecified atom stereocenters. The smallest absolute Gasteiger partial charge is 0.283 e. The van der Waals surface area contributed by atoms with E-state index >= 15 is 0 Å². The van der Waals surface area contributed by atoms with Crippen molar-refractivity contribution in [1.29, 1.82) is 0 Å². The molecule has 0 N–H and O–H groups in total. The molecule has 0 aliphatic carbocycles. The average molecular weight is 286 g/mol. The van der Waals surface area contributed by atoms with Crippen molar-refractivity contribution in [2.45, 2.75) is 4.90 Å². The molecular weight excluding hydrogens is 272 g/mol. The number of nitrogens with zero attached hydrogens (tertiary/aromatic N) is 2. The lowest BCUT2D eigenvalue weighted by molar-refractivity contribution is 0.599. The normalized spacial score (nSPS) is 11.7. The zero-order chi connectivity index (χ0) is 14.8. The first-order chi connectivity index (χ1) is 9.47. The summed E-state index contributed by atoms with van der Waals surface area (Å²) in [5.74, 6) is 2.09. The molecule has 2 aromatic carbocycles. The second-order valence-electron chi connectivity index (χ2n) is 4.40. The molecule has 0 aromatic heterocycles. The fourth-order valence-electron chi connectivity index (χ4n) is 2.04. The Kier molecular flexibility index (Phi) is 3.77. The first-order valence-electron chi connectivity index (χ1n) is 5.91. The summed E-state index contributed by atoms with van der Waals surface area (Å²) in [4.78, 5) is 2.09. The fourth-order valence-corrected chi connectivity index (χ4v) is 3.06. The summed E-state index contributed by atoms with van der Waals surface area (Å²) in [7, 11) is 0.0353. The summed E-state index contributed by atoms with van der Waals surface area (Å²) in [6.45, 7) is 0. The molecule has 0 bridgehead atoms. The molecule has 4 nitrogen and oxygen atoms in total. The van der Waals surface area contributed by atoms with Gasteiger partial charge in [-0.1, -0.05) is 30.2 Å². The third-order valence-corrected chi connectivity index (χ3v) is 4.18. The Labute approximate surface area is 118 Å². The van der Waals surface area contributed by atoms with Crippen LogP contribution in [-0.2, 0) is 10.0 Å². The van der Waals surface area contributed by atoms with Gasteiger partial charge in [0.05, 0.1) is 11.1 Å². The van der Waals surface area contributed by atoms with Gasteiger partial charge in [-0.3, -0.25) is 0 Å². The molecule has 2 aromatic rings. The zero-order valence-electron chi connectivity index (χ0n) is 11.2. The third kappa shape index (κ3) is 2.51. The maximum absolute atomic E-state index is 12.2. The molecule has 0 radical (unpaired) electrons. The molecule has 5 heteroatoms. The van der Waals surface area contributed by atoms with Crippen LogP contribution < -0.4 is 4.90 Å². The molecule has 0 aliphatic rings. The van der Waals surface area contributed by atoms with Crippen LogP contribution >= 0.6 is 0 Å². The highest BCUT2D eigenvalue weighted by molar-refractivity contribution is 7.90. The maximum Gasteiger partial charge on any atom is 0.283 e. The van der Waals surface area contributed by atoms with E-state index in [-0.39, 0.29) is 4.90 Å². The van der Waals surface area contributed by atoms with Crippen LogP contribution in [-0.4, -0.2) is 28.7 Å². The molecule has 0 aliphatic heterocycles. The van der Waals surface area contributed by atoms with Crippen molar-refractivity contribution >= 4 is 32.7 Å². The maximum atomic E-state index is 12.2. The second kappa shape index (κ2) is 5.35. The Morgan fingerprint density at radius 2 is 1.80 bits per heavy atom. The minimum absolute atomic E-state index is 0.158. The highest BCUT2D eigenvalue weighted by Crippen LogP contribution is 2.30. The summed E-state index contributed by atoms with van der Waals surface area (Å²) in [5, 5.41) is 1.49. The Hall–Kier alpha value is -2.32. The van der Waals surface area contributed by atoms with Crippen molar-refractivity contribution in [3.05, 3.63) is 36.4 Å². The molecule has 0 atom stereocenters. The Morgan fingerprint density at radius 1 is 1.15 bits per heavy atom. The van der Waals surface area contributed by atoms with Gasteiger partial charge in [0.1, 0.15) is 0 Å². The highest BCUT2D eigenvalue weighted by atomic mass is 32.2. The van der Waals surface area contributed by atoms with Crippen molar-refractivity contribution in [2.75, 3.05) is 19.0 Å². The van der Waals surface area contributed by atoms with Crippen molar-refractivity contribution in [3.8, 4) is 12.3 Å². The van der Waals surface area contributed by atoms with E-state index in [1.54, 1.807) is 12.1 Å². The lowest BCUT2D eigenvalue weighted by Crippen LogP contribution is -2.09. The van der Waals surface area contributed by atoms with E-state index in [1.807, 2.05) is 37.2 Å². The molecular formula is C15H14N2O2S. The lowest BCUT2D eigenvalue weighted by Gasteiger charge is -2.16. The molecule has 102 valence electrons. The molecule has 20 heavy (non-hydrogen) atoms. The van der Waals surface area contributed by atoms with Crippen LogP contribution in [0.25, 0.3) is 10.8 Å². The van der Waals surface area contributed by atoms with Crippen LogP contribution in [0.15, 0.2) is 45.7 Å². The minimum Gasteiger partial charge on any atom is -0.377 e. The van der Waals surface area contributed by atoms with Crippen molar-refractivity contribution in [1.82, 2.24) is 0 Å². The summed E-state index contributed by atoms with van der Waals surface area (Å²) < 4.78 is 27.8. The number of benzene rings is 2. The molecule has 0 heterocycles. The van der Waals surface area contributed by atoms with Crippen LogP contribution in [0.3, 0.4) is 0 Å². The molecule has 0 spiro atoms. The zero-order valence-corrected chi connectivity index (χ0v) is 12.1. The monoisotopic (exact) mass is 286 g/mol. The highest BCUT2D eigenvalue weighted by Gasteiger charge is 2.16. The van der Waals surface area contributed by atoms with Crippen LogP contribution in [0.1, 0.15) is 0 Å². The van der Waals surface area contributed by atoms with Crippen LogP contribution in [0.5, 0.6) is 0 Å². The largest absolute Gasteiger partial charge is 0.377 e. The van der Waals surface area contributed by atoms with Gasteiger partial charge in [-0.25, -0.2) is 0 Å². The van der Waals surface area contributed by atoms with E-state index in [2.05, 4.69) is 10.3 Å². The van der Waals surface area contributed by atoms with Gasteiger partial charge in [0.2, 0.25) is 0 Å². The summed E-state index contributed by atoms with van der Waals surface area (Å²) in [6, 6.07) is 10.6. The van der Waals surface area contributed by atoms with Gasteiger partial charge in [-0.2, -0.15) is 12.8 Å². The molecule has 0 saturated heterocycles. The SMILES string of the molecule is C#CC=NS(=O)(=O)c1cccc2c(N(C)C)cccc12. The number of rotatable bonds is 3. The number of terminal acetylenes is 1. The molecule has 0 fully saturated rings. The van der Waals surface area contributed by atoms with E-state index in [0.29, 0.717) is 5.39 Å². The van der Waals surface area contributed by atoms with Gasteiger partial charge < -0.3 is 4.90 Å². The van der Waals surface area contributed by atoms with E-state index in [0.717, 1.165) is 17.3 Å². The van der Waals surface area contributed by atoms with Crippen molar-refractivity contribution in [3.63, 3.8) is 0 Å². The van der Waals surface area contributed by atoms with Gasteiger partial charge in [-0.15, -0.1) is 6.42 Å². The van der Waals surface area contributed by atoms with Crippen molar-refractivity contribution < 1.29 is 8.42 Å². The van der Waals surface area contributed by atoms with E-state index in [4.69, 9.17) is 6.42 Å². The molecule has 0 saturated carbocycles. The van der Waals surface area contributed by atoms with E-state index in [1.165, 1.54) is 6.07 Å². The number of hydrogen-bond acceptors (Lipinski definition) is 3. The first-order valence-corrected chi connectivity index (χ1v) is 7.35. The fraction of sp³-hybridized carbons (Fsp3) is 0.133. The quantitative estimate of drug-likeness (QED) is 0.642. The minimum atomic E-state index is -3.78. The van der Waals surface area contributed by atoms with Crippen LogP contribution in [0.2, 0.25) is 0 Å². The summed E-state index contributed by atoms with van der Waals surface area (Å²) in [6.07, 6.45) is 5.97. The lowest BCUT2D eigenvalue weighted by atomic mass is 10.1. The predicted molar refractivity (Wildman–Crippen MR) is 82.8 cm³/mol. The predicted octanol–water partition coefficient (Wildman–Crippen LogP) is 2.30. The van der Waals surface area contributed by atoms with Gasteiger partial charge >= 0.3 is 0 Å². The Bertz CT molecular complexity index is 815. The topological polar surface area (TPSA) is 49.7 Å². The van der Waals surface area contributed by atoms with Crippen molar-refractivity contribution in [2.24, 2.45) is 4.40 Å².